The molecule has 0 fully saturated rings. The Hall–Kier alpha value is -3.30. The summed E-state index contributed by atoms with van der Waals surface area (Å²) >= 11 is 2.94. The zero-order chi connectivity index (χ0) is 22.5. The highest BCUT2D eigenvalue weighted by Crippen LogP contribution is 2.33. The largest absolute Gasteiger partial charge is 0.497 e. The average molecular weight is 467 g/mol. The van der Waals surface area contributed by atoms with E-state index in [9.17, 15) is 4.79 Å². The number of benzene rings is 2. The molecule has 164 valence electrons. The maximum absolute atomic E-state index is 13.0. The van der Waals surface area contributed by atoms with Crippen molar-refractivity contribution in [3.8, 4) is 27.9 Å². The van der Waals surface area contributed by atoms with Crippen LogP contribution in [0.5, 0.6) is 11.5 Å². The number of methoxy groups -OCH3 is 2. The van der Waals surface area contributed by atoms with Crippen molar-refractivity contribution in [2.75, 3.05) is 19.5 Å². The van der Waals surface area contributed by atoms with Crippen molar-refractivity contribution in [2.45, 2.75) is 17.3 Å². The predicted octanol–water partition coefficient (Wildman–Crippen LogP) is 5.13. The van der Waals surface area contributed by atoms with Crippen molar-refractivity contribution < 1.29 is 14.3 Å². The molecule has 2 heterocycles. The minimum absolute atomic E-state index is 0.179. The molecule has 0 saturated heterocycles. The number of hydrogen-bond donors (Lipinski definition) is 1. The van der Waals surface area contributed by atoms with Crippen LogP contribution in [0.2, 0.25) is 0 Å². The number of ether oxygens (including phenoxy) is 2. The number of thioether (sulfide) groups is 1. The van der Waals surface area contributed by atoms with E-state index in [1.165, 1.54) is 11.8 Å². The van der Waals surface area contributed by atoms with Crippen molar-refractivity contribution in [1.29, 1.82) is 0 Å². The fourth-order valence-electron chi connectivity index (χ4n) is 3.08. The first-order valence-electron chi connectivity index (χ1n) is 9.85. The molecule has 1 N–H and O–H groups in total. The lowest BCUT2D eigenvalue weighted by Gasteiger charge is -2.15. The predicted molar refractivity (Wildman–Crippen MR) is 128 cm³/mol. The molecule has 0 unspecified atom stereocenters. The number of hydrogen-bond acceptors (Lipinski definition) is 7. The van der Waals surface area contributed by atoms with Gasteiger partial charge in [0.15, 0.2) is 11.0 Å². The summed E-state index contributed by atoms with van der Waals surface area (Å²) in [5.74, 6) is 1.76. The van der Waals surface area contributed by atoms with Crippen LogP contribution in [0, 0.1) is 0 Å². The molecule has 7 nitrogen and oxygen atoms in total. The Morgan fingerprint density at radius 3 is 2.56 bits per heavy atom. The van der Waals surface area contributed by atoms with Gasteiger partial charge in [0.1, 0.15) is 11.5 Å². The van der Waals surface area contributed by atoms with Crippen LogP contribution in [0.4, 0.5) is 5.69 Å². The second kappa shape index (κ2) is 9.88. The van der Waals surface area contributed by atoms with Crippen molar-refractivity contribution in [3.05, 3.63) is 66.0 Å². The Bertz CT molecular complexity index is 1190. The number of aromatic nitrogens is 3. The number of anilines is 1. The Labute approximate surface area is 194 Å². The Morgan fingerprint density at radius 1 is 1.06 bits per heavy atom. The van der Waals surface area contributed by atoms with Gasteiger partial charge in [-0.15, -0.1) is 21.5 Å². The lowest BCUT2D eigenvalue weighted by molar-refractivity contribution is -0.115. The standard InChI is InChI=1S/C23H22N4O3S2/c1-15(22(28)24-18-14-17(29-2)11-12-19(18)30-3)32-23-26-25-21(20-10-7-13-31-20)27(23)16-8-5-4-6-9-16/h4-15H,1-3H3,(H,24,28)/t15-/m1/s1. The molecule has 0 saturated carbocycles. The Balaban J connectivity index is 1.60. The van der Waals surface area contributed by atoms with E-state index in [2.05, 4.69) is 15.5 Å². The van der Waals surface area contributed by atoms with Crippen LogP contribution in [-0.4, -0.2) is 40.1 Å². The van der Waals surface area contributed by atoms with Crippen molar-refractivity contribution in [2.24, 2.45) is 0 Å². The summed E-state index contributed by atoms with van der Waals surface area (Å²) in [6.07, 6.45) is 0. The third kappa shape index (κ3) is 4.63. The number of thiophene rings is 1. The summed E-state index contributed by atoms with van der Waals surface area (Å²) in [7, 11) is 3.14. The molecule has 9 heteroatoms. The molecular formula is C23H22N4O3S2. The summed E-state index contributed by atoms with van der Waals surface area (Å²) in [5.41, 5.74) is 1.48. The lowest BCUT2D eigenvalue weighted by atomic mass is 10.2. The van der Waals surface area contributed by atoms with Gasteiger partial charge in [-0.05, 0) is 42.6 Å². The number of nitrogens with one attached hydrogen (secondary N) is 1. The molecule has 4 rings (SSSR count). The van der Waals surface area contributed by atoms with Crippen molar-refractivity contribution in [1.82, 2.24) is 14.8 Å². The summed E-state index contributed by atoms with van der Waals surface area (Å²) in [6.45, 7) is 1.83. The van der Waals surface area contributed by atoms with E-state index in [0.29, 0.717) is 22.3 Å². The Kier molecular flexibility index (Phi) is 6.77. The first-order valence-corrected chi connectivity index (χ1v) is 11.6. The second-order valence-electron chi connectivity index (χ2n) is 6.77. The van der Waals surface area contributed by atoms with Crippen molar-refractivity contribution in [3.63, 3.8) is 0 Å². The highest BCUT2D eigenvalue weighted by atomic mass is 32.2. The molecule has 1 atom stereocenters. The minimum atomic E-state index is -0.436. The van der Waals surface area contributed by atoms with Gasteiger partial charge in [0.2, 0.25) is 5.91 Å². The van der Waals surface area contributed by atoms with Crippen LogP contribution in [-0.2, 0) is 4.79 Å². The van der Waals surface area contributed by atoms with Gasteiger partial charge in [-0.2, -0.15) is 0 Å². The fourth-order valence-corrected chi connectivity index (χ4v) is 4.65. The van der Waals surface area contributed by atoms with Gasteiger partial charge in [0, 0.05) is 11.8 Å². The number of carbonyl (C=O) groups excluding carboxylic acids is 1. The highest BCUT2D eigenvalue weighted by Gasteiger charge is 2.23. The second-order valence-corrected chi connectivity index (χ2v) is 9.03. The minimum Gasteiger partial charge on any atom is -0.497 e. The molecular weight excluding hydrogens is 444 g/mol. The van der Waals surface area contributed by atoms with Crippen LogP contribution < -0.4 is 14.8 Å². The van der Waals surface area contributed by atoms with Crippen LogP contribution in [0.25, 0.3) is 16.4 Å². The van der Waals surface area contributed by atoms with E-state index in [1.807, 2.05) is 59.3 Å². The monoisotopic (exact) mass is 466 g/mol. The van der Waals surface area contributed by atoms with Gasteiger partial charge >= 0.3 is 0 Å². The number of nitrogens with zero attached hydrogens (tertiary/aromatic N) is 3. The molecule has 0 aliphatic carbocycles. The van der Waals surface area contributed by atoms with Gasteiger partial charge in [0.05, 0.1) is 30.0 Å². The number of rotatable bonds is 8. The topological polar surface area (TPSA) is 78.3 Å². The molecule has 0 aliphatic rings. The van der Waals surface area contributed by atoms with E-state index in [1.54, 1.807) is 43.8 Å². The maximum Gasteiger partial charge on any atom is 0.237 e. The molecule has 1 amide bonds. The van der Waals surface area contributed by atoms with E-state index in [-0.39, 0.29) is 5.91 Å². The normalized spacial score (nSPS) is 11.7. The van der Waals surface area contributed by atoms with E-state index < -0.39 is 5.25 Å². The molecule has 0 aliphatic heterocycles. The number of carbonyl (C=O) groups is 1. The summed E-state index contributed by atoms with van der Waals surface area (Å²) in [5, 5.41) is 13.9. The third-order valence-electron chi connectivity index (χ3n) is 4.71. The zero-order valence-corrected chi connectivity index (χ0v) is 19.4. The van der Waals surface area contributed by atoms with Gasteiger partial charge in [-0.1, -0.05) is 36.0 Å². The van der Waals surface area contributed by atoms with E-state index in [0.717, 1.165) is 16.4 Å². The average Bonchev–Trinajstić information content (AvgIpc) is 3.49. The first kappa shape index (κ1) is 21.9. The zero-order valence-electron chi connectivity index (χ0n) is 17.8. The third-order valence-corrected chi connectivity index (χ3v) is 6.61. The van der Waals surface area contributed by atoms with Crippen LogP contribution in [0.15, 0.2) is 71.2 Å². The van der Waals surface area contributed by atoms with Gasteiger partial charge in [0.25, 0.3) is 0 Å². The molecule has 4 aromatic rings. The van der Waals surface area contributed by atoms with Crippen LogP contribution >= 0.6 is 23.1 Å². The quantitative estimate of drug-likeness (QED) is 0.363. The van der Waals surface area contributed by atoms with Gasteiger partial charge in [-0.3, -0.25) is 9.36 Å². The highest BCUT2D eigenvalue weighted by molar-refractivity contribution is 8.00. The lowest BCUT2D eigenvalue weighted by Crippen LogP contribution is -2.23. The fraction of sp³-hybridized carbons (Fsp3) is 0.174. The van der Waals surface area contributed by atoms with E-state index >= 15 is 0 Å². The molecule has 0 bridgehead atoms. The summed E-state index contributed by atoms with van der Waals surface area (Å²) in [4.78, 5) is 14.0. The van der Waals surface area contributed by atoms with E-state index in [4.69, 9.17) is 9.47 Å². The molecule has 2 aromatic carbocycles. The summed E-state index contributed by atoms with van der Waals surface area (Å²) in [6, 6.07) is 19.1. The van der Waals surface area contributed by atoms with Crippen LogP contribution in [0.3, 0.4) is 0 Å². The van der Waals surface area contributed by atoms with Crippen molar-refractivity contribution >= 4 is 34.7 Å². The molecule has 32 heavy (non-hydrogen) atoms. The molecule has 2 aromatic heterocycles. The Morgan fingerprint density at radius 2 is 1.88 bits per heavy atom. The summed E-state index contributed by atoms with van der Waals surface area (Å²) < 4.78 is 12.6. The SMILES string of the molecule is COc1ccc(OC)c(NC(=O)[C@@H](C)Sc2nnc(-c3cccs3)n2-c2ccccc2)c1. The van der Waals surface area contributed by atoms with Gasteiger partial charge in [-0.25, -0.2) is 0 Å². The number of amides is 1. The maximum atomic E-state index is 13.0. The molecule has 0 spiro atoms. The smallest absolute Gasteiger partial charge is 0.237 e. The van der Waals surface area contributed by atoms with Crippen LogP contribution in [0.1, 0.15) is 6.92 Å². The first-order chi connectivity index (χ1) is 15.6. The van der Waals surface area contributed by atoms with Gasteiger partial charge < -0.3 is 14.8 Å². The number of para-hydroxylation sites is 1. The molecule has 0 radical (unpaired) electrons.